The van der Waals surface area contributed by atoms with E-state index in [9.17, 15) is 18.8 Å². The lowest BCUT2D eigenvalue weighted by atomic mass is 10.1. The Balaban J connectivity index is 1.64. The number of amides is 2. The Hall–Kier alpha value is -5.19. The highest BCUT2D eigenvalue weighted by atomic mass is 19.1. The lowest BCUT2D eigenvalue weighted by molar-refractivity contribution is -0.119. The van der Waals surface area contributed by atoms with Crippen molar-refractivity contribution in [3.8, 4) is 17.1 Å². The van der Waals surface area contributed by atoms with E-state index in [4.69, 9.17) is 0 Å². The molecule has 226 valence electrons. The van der Waals surface area contributed by atoms with Crippen LogP contribution >= 0.6 is 0 Å². The number of hydrogen-bond acceptors (Lipinski definition) is 6. The normalized spacial score (nSPS) is 11.9. The standard InChI is InChI=1S/C33H34FN7O3/c1-7-19(2)31(42)38-30-33(44)41(28(16-35-30)22-9-8-10-23(13-22)32(43)39(5)6)18-25-15-29(37-21(4)36-25)40-17-20(3)26-14-24(34)11-12-27(26)40/h8-17,19H,7,18H2,1-6H3,(H,35,38,42)/t19-/m1/s1. The van der Waals surface area contributed by atoms with Crippen molar-refractivity contribution in [3.05, 3.63) is 99.7 Å². The zero-order chi connectivity index (χ0) is 31.7. The molecule has 5 rings (SSSR count). The van der Waals surface area contributed by atoms with Crippen LogP contribution in [0.15, 0.2) is 65.7 Å². The third kappa shape index (κ3) is 5.98. The number of halogens is 1. The first kappa shape index (κ1) is 30.3. The van der Waals surface area contributed by atoms with E-state index in [-0.39, 0.29) is 35.9 Å². The van der Waals surface area contributed by atoms with Crippen molar-refractivity contribution in [2.45, 2.75) is 40.7 Å². The number of aryl methyl sites for hydroxylation is 2. The van der Waals surface area contributed by atoms with Gasteiger partial charge in [-0.2, -0.15) is 0 Å². The van der Waals surface area contributed by atoms with Crippen molar-refractivity contribution in [2.75, 3.05) is 19.4 Å². The molecule has 0 aliphatic rings. The molecule has 0 aliphatic carbocycles. The molecule has 0 unspecified atom stereocenters. The molecule has 10 nitrogen and oxygen atoms in total. The summed E-state index contributed by atoms with van der Waals surface area (Å²) >= 11 is 0. The fraction of sp³-hybridized carbons (Fsp3) is 0.273. The van der Waals surface area contributed by atoms with E-state index >= 15 is 0 Å². The summed E-state index contributed by atoms with van der Waals surface area (Å²) in [6.45, 7) is 7.36. The van der Waals surface area contributed by atoms with Crippen LogP contribution in [0, 0.1) is 25.6 Å². The molecule has 0 bridgehead atoms. The Labute approximate surface area is 254 Å². The molecule has 1 N–H and O–H groups in total. The molecule has 0 spiro atoms. The molecule has 3 aromatic heterocycles. The van der Waals surface area contributed by atoms with Gasteiger partial charge in [0.1, 0.15) is 17.5 Å². The van der Waals surface area contributed by atoms with Crippen LogP contribution in [0.5, 0.6) is 0 Å². The number of carbonyl (C=O) groups is 2. The predicted octanol–water partition coefficient (Wildman–Crippen LogP) is 5.13. The van der Waals surface area contributed by atoms with E-state index < -0.39 is 5.56 Å². The minimum absolute atomic E-state index is 0.0257. The number of aromatic nitrogens is 5. The maximum Gasteiger partial charge on any atom is 0.294 e. The number of nitrogens with one attached hydrogen (secondary N) is 1. The van der Waals surface area contributed by atoms with Gasteiger partial charge in [0.25, 0.3) is 11.5 Å². The molecule has 0 saturated carbocycles. The van der Waals surface area contributed by atoms with E-state index in [2.05, 4.69) is 20.3 Å². The molecule has 3 heterocycles. The first-order valence-corrected chi connectivity index (χ1v) is 14.3. The highest BCUT2D eigenvalue weighted by molar-refractivity contribution is 5.95. The summed E-state index contributed by atoms with van der Waals surface area (Å²) in [5.41, 5.74) is 3.18. The van der Waals surface area contributed by atoms with Crippen molar-refractivity contribution in [2.24, 2.45) is 5.92 Å². The van der Waals surface area contributed by atoms with Crippen molar-refractivity contribution in [1.29, 1.82) is 0 Å². The molecular weight excluding hydrogens is 561 g/mol. The quantitative estimate of drug-likeness (QED) is 0.266. The number of benzene rings is 2. The van der Waals surface area contributed by atoms with Crippen LogP contribution in [0.3, 0.4) is 0 Å². The zero-order valence-electron chi connectivity index (χ0n) is 25.6. The molecule has 0 aliphatic heterocycles. The molecule has 1 atom stereocenters. The fourth-order valence-corrected chi connectivity index (χ4v) is 4.99. The molecular formula is C33H34FN7O3. The van der Waals surface area contributed by atoms with Gasteiger partial charge in [0.05, 0.1) is 29.6 Å². The van der Waals surface area contributed by atoms with Gasteiger partial charge in [0.2, 0.25) is 5.91 Å². The fourth-order valence-electron chi connectivity index (χ4n) is 4.99. The summed E-state index contributed by atoms with van der Waals surface area (Å²) in [6.07, 6.45) is 4.00. The van der Waals surface area contributed by atoms with Crippen LogP contribution in [-0.2, 0) is 11.3 Å². The predicted molar refractivity (Wildman–Crippen MR) is 167 cm³/mol. The van der Waals surface area contributed by atoms with Crippen LogP contribution in [0.25, 0.3) is 28.0 Å². The van der Waals surface area contributed by atoms with Gasteiger partial charge in [-0.3, -0.25) is 19.0 Å². The van der Waals surface area contributed by atoms with Crippen LogP contribution < -0.4 is 10.9 Å². The summed E-state index contributed by atoms with van der Waals surface area (Å²) in [4.78, 5) is 54.4. The number of nitrogens with zero attached hydrogens (tertiary/aromatic N) is 6. The first-order valence-electron chi connectivity index (χ1n) is 14.3. The second kappa shape index (κ2) is 12.2. The summed E-state index contributed by atoms with van der Waals surface area (Å²) in [5.74, 6) is -0.178. The highest BCUT2D eigenvalue weighted by Crippen LogP contribution is 2.26. The minimum atomic E-state index is -0.515. The smallest absolute Gasteiger partial charge is 0.294 e. The van der Waals surface area contributed by atoms with Gasteiger partial charge in [-0.15, -0.1) is 0 Å². The van der Waals surface area contributed by atoms with Crippen LogP contribution in [-0.4, -0.2) is 54.9 Å². The average molecular weight is 596 g/mol. The van der Waals surface area contributed by atoms with Crippen molar-refractivity contribution in [1.82, 2.24) is 29.0 Å². The highest BCUT2D eigenvalue weighted by Gasteiger charge is 2.19. The maximum atomic E-state index is 14.0. The number of hydrogen-bond donors (Lipinski definition) is 1. The molecule has 2 amide bonds. The van der Waals surface area contributed by atoms with Gasteiger partial charge >= 0.3 is 0 Å². The maximum absolute atomic E-state index is 14.0. The summed E-state index contributed by atoms with van der Waals surface area (Å²) < 4.78 is 17.3. The van der Waals surface area contributed by atoms with E-state index in [1.165, 1.54) is 27.8 Å². The molecule has 11 heteroatoms. The average Bonchev–Trinajstić information content (AvgIpc) is 3.33. The van der Waals surface area contributed by atoms with Crippen molar-refractivity contribution >= 4 is 28.5 Å². The lowest BCUT2D eigenvalue weighted by Crippen LogP contribution is -2.31. The van der Waals surface area contributed by atoms with Gasteiger partial charge in [-0.1, -0.05) is 26.0 Å². The first-order chi connectivity index (χ1) is 21.0. The van der Waals surface area contributed by atoms with E-state index in [0.29, 0.717) is 40.6 Å². The summed E-state index contributed by atoms with van der Waals surface area (Å²) in [5, 5.41) is 3.44. The SMILES string of the molecule is CC[C@@H](C)C(=O)Nc1ncc(-c2cccc(C(=O)N(C)C)c2)n(Cc2cc(-n3cc(C)c4cc(F)ccc43)nc(C)n2)c1=O. The number of rotatable bonds is 8. The second-order valence-corrected chi connectivity index (χ2v) is 11.1. The van der Waals surface area contributed by atoms with E-state index in [0.717, 1.165) is 16.5 Å². The van der Waals surface area contributed by atoms with Gasteiger partial charge < -0.3 is 14.8 Å². The molecule has 0 fully saturated rings. The van der Waals surface area contributed by atoms with Gasteiger partial charge in [-0.25, -0.2) is 19.3 Å². The topological polar surface area (TPSA) is 115 Å². The Morgan fingerprint density at radius 3 is 2.57 bits per heavy atom. The minimum Gasteiger partial charge on any atom is -0.345 e. The second-order valence-electron chi connectivity index (χ2n) is 11.1. The van der Waals surface area contributed by atoms with Gasteiger partial charge in [-0.05, 0) is 56.2 Å². The molecule has 0 saturated heterocycles. The Morgan fingerprint density at radius 2 is 1.84 bits per heavy atom. The molecule has 5 aromatic rings. The third-order valence-electron chi connectivity index (χ3n) is 7.58. The van der Waals surface area contributed by atoms with Gasteiger partial charge in [0.15, 0.2) is 5.82 Å². The number of carbonyl (C=O) groups excluding carboxylic acids is 2. The third-order valence-corrected chi connectivity index (χ3v) is 7.58. The molecule has 0 radical (unpaired) electrons. The Bertz CT molecular complexity index is 1960. The van der Waals surface area contributed by atoms with Crippen LogP contribution in [0.4, 0.5) is 10.2 Å². The largest absolute Gasteiger partial charge is 0.345 e. The number of anilines is 1. The van der Waals surface area contributed by atoms with E-state index in [1.54, 1.807) is 64.3 Å². The molecule has 44 heavy (non-hydrogen) atoms. The van der Waals surface area contributed by atoms with Gasteiger partial charge in [0, 0.05) is 48.8 Å². The summed E-state index contributed by atoms with van der Waals surface area (Å²) in [7, 11) is 3.34. The Morgan fingerprint density at radius 1 is 1.07 bits per heavy atom. The van der Waals surface area contributed by atoms with Crippen LogP contribution in [0.2, 0.25) is 0 Å². The zero-order valence-corrected chi connectivity index (χ0v) is 25.6. The number of fused-ring (bicyclic) bond motifs is 1. The lowest BCUT2D eigenvalue weighted by Gasteiger charge is -2.17. The monoisotopic (exact) mass is 595 g/mol. The van der Waals surface area contributed by atoms with Crippen molar-refractivity contribution < 1.29 is 14.0 Å². The van der Waals surface area contributed by atoms with Crippen molar-refractivity contribution in [3.63, 3.8) is 0 Å². The molecule has 2 aromatic carbocycles. The van der Waals surface area contributed by atoms with Crippen LogP contribution in [0.1, 0.15) is 47.7 Å². The Kier molecular flexibility index (Phi) is 8.39. The summed E-state index contributed by atoms with van der Waals surface area (Å²) in [6, 6.07) is 13.3. The van der Waals surface area contributed by atoms with E-state index in [1.807, 2.05) is 24.6 Å².